The van der Waals surface area contributed by atoms with E-state index in [4.69, 9.17) is 11.6 Å². The second kappa shape index (κ2) is 6.57. The summed E-state index contributed by atoms with van der Waals surface area (Å²) in [5.74, 6) is -0.323. The van der Waals surface area contributed by atoms with Crippen molar-refractivity contribution < 1.29 is 17.9 Å². The summed E-state index contributed by atoms with van der Waals surface area (Å²) in [5, 5.41) is 0. The van der Waals surface area contributed by atoms with Gasteiger partial charge in [-0.05, 0) is 6.92 Å². The van der Waals surface area contributed by atoms with Crippen LogP contribution in [-0.4, -0.2) is 68.4 Å². The SMILES string of the molecule is COC(=O)CN1CCN(S(=O)(=O)c2sc(Cl)nc2C)CC1. The summed E-state index contributed by atoms with van der Waals surface area (Å²) in [6.45, 7) is 3.43. The molecule has 0 saturated carbocycles. The van der Waals surface area contributed by atoms with Gasteiger partial charge in [0.15, 0.2) is 8.68 Å². The molecule has 0 amide bonds. The molecule has 10 heteroatoms. The number of carbonyl (C=O) groups excluding carboxylic acids is 1. The number of aromatic nitrogens is 1. The van der Waals surface area contributed by atoms with E-state index in [2.05, 4.69) is 9.72 Å². The fraction of sp³-hybridized carbons (Fsp3) is 0.636. The molecule has 0 spiro atoms. The van der Waals surface area contributed by atoms with Gasteiger partial charge in [-0.1, -0.05) is 22.9 Å². The third-order valence-electron chi connectivity index (χ3n) is 3.21. The highest BCUT2D eigenvalue weighted by Gasteiger charge is 2.32. The molecular formula is C11H16ClN3O4S2. The normalized spacial score (nSPS) is 17.9. The van der Waals surface area contributed by atoms with Crippen LogP contribution in [0.2, 0.25) is 4.47 Å². The van der Waals surface area contributed by atoms with E-state index in [1.54, 1.807) is 6.92 Å². The minimum Gasteiger partial charge on any atom is -0.468 e. The Morgan fingerprint density at radius 2 is 2.00 bits per heavy atom. The summed E-state index contributed by atoms with van der Waals surface area (Å²) >= 11 is 6.74. The predicted octanol–water partition coefficient (Wildman–Crippen LogP) is 0.584. The molecule has 0 atom stereocenters. The van der Waals surface area contributed by atoms with Crippen LogP contribution in [0, 0.1) is 6.92 Å². The maximum absolute atomic E-state index is 12.5. The molecule has 2 heterocycles. The molecule has 0 aromatic carbocycles. The average Bonchev–Trinajstić information content (AvgIpc) is 2.79. The Morgan fingerprint density at radius 3 is 2.48 bits per heavy atom. The van der Waals surface area contributed by atoms with E-state index in [1.165, 1.54) is 11.4 Å². The zero-order chi connectivity index (χ0) is 15.6. The van der Waals surface area contributed by atoms with Crippen molar-refractivity contribution >= 4 is 38.9 Å². The third-order valence-corrected chi connectivity index (χ3v) is 6.96. The summed E-state index contributed by atoms with van der Waals surface area (Å²) in [7, 11) is -2.23. The second-order valence-corrected chi connectivity index (χ2v) is 8.31. The molecule has 21 heavy (non-hydrogen) atoms. The monoisotopic (exact) mass is 353 g/mol. The Hall–Kier alpha value is -0.740. The van der Waals surface area contributed by atoms with Gasteiger partial charge in [0.2, 0.25) is 0 Å². The number of nitrogens with zero attached hydrogens (tertiary/aromatic N) is 3. The van der Waals surface area contributed by atoms with E-state index in [0.717, 1.165) is 11.3 Å². The van der Waals surface area contributed by atoms with Crippen molar-refractivity contribution in [2.24, 2.45) is 0 Å². The number of aryl methyl sites for hydroxylation is 1. The van der Waals surface area contributed by atoms with E-state index < -0.39 is 10.0 Å². The van der Waals surface area contributed by atoms with Crippen LogP contribution in [0.4, 0.5) is 0 Å². The van der Waals surface area contributed by atoms with Gasteiger partial charge in [-0.15, -0.1) is 0 Å². The summed E-state index contributed by atoms with van der Waals surface area (Å²) in [6.07, 6.45) is 0. The van der Waals surface area contributed by atoms with Crippen molar-refractivity contribution in [1.29, 1.82) is 0 Å². The quantitative estimate of drug-likeness (QED) is 0.737. The first-order valence-corrected chi connectivity index (χ1v) is 8.90. The fourth-order valence-electron chi connectivity index (χ4n) is 2.08. The van der Waals surface area contributed by atoms with Gasteiger partial charge in [-0.3, -0.25) is 9.69 Å². The predicted molar refractivity (Wildman–Crippen MR) is 79.1 cm³/mol. The topological polar surface area (TPSA) is 79.8 Å². The molecule has 0 bridgehead atoms. The molecule has 1 aromatic heterocycles. The van der Waals surface area contributed by atoms with Gasteiger partial charge in [0.25, 0.3) is 10.0 Å². The lowest BCUT2D eigenvalue weighted by Crippen LogP contribution is -2.49. The standard InChI is InChI=1S/C11H16ClN3O4S2/c1-8-10(20-11(12)13-8)21(17,18)15-5-3-14(4-6-15)7-9(16)19-2/h3-7H2,1-2H3. The molecule has 0 unspecified atom stereocenters. The van der Waals surface area contributed by atoms with Crippen molar-refractivity contribution in [3.8, 4) is 0 Å². The first-order valence-electron chi connectivity index (χ1n) is 6.27. The Bertz CT molecular complexity index is 623. The smallest absolute Gasteiger partial charge is 0.319 e. The number of thiazole rings is 1. The molecule has 1 saturated heterocycles. The van der Waals surface area contributed by atoms with Gasteiger partial charge >= 0.3 is 5.97 Å². The molecule has 0 N–H and O–H groups in total. The van der Waals surface area contributed by atoms with Crippen LogP contribution < -0.4 is 0 Å². The summed E-state index contributed by atoms with van der Waals surface area (Å²) in [6, 6.07) is 0. The van der Waals surface area contributed by atoms with Crippen molar-refractivity contribution in [2.75, 3.05) is 39.8 Å². The molecule has 1 aliphatic heterocycles. The largest absolute Gasteiger partial charge is 0.468 e. The van der Waals surface area contributed by atoms with E-state index in [1.807, 2.05) is 4.90 Å². The molecular weight excluding hydrogens is 338 g/mol. The van der Waals surface area contributed by atoms with Crippen molar-refractivity contribution in [3.05, 3.63) is 10.2 Å². The minimum atomic E-state index is -3.57. The van der Waals surface area contributed by atoms with Crippen LogP contribution in [0.15, 0.2) is 4.21 Å². The lowest BCUT2D eigenvalue weighted by atomic mass is 10.3. The molecule has 1 aromatic rings. The molecule has 1 fully saturated rings. The molecule has 2 rings (SSSR count). The molecule has 118 valence electrons. The highest BCUT2D eigenvalue weighted by molar-refractivity contribution is 7.91. The fourth-order valence-corrected chi connectivity index (χ4v) is 5.38. The minimum absolute atomic E-state index is 0.176. The van der Waals surface area contributed by atoms with Crippen LogP contribution in [0.3, 0.4) is 0 Å². The Balaban J connectivity index is 2.04. The first kappa shape index (κ1) is 16.6. The van der Waals surface area contributed by atoms with Gasteiger partial charge in [-0.25, -0.2) is 13.4 Å². The van der Waals surface area contributed by atoms with Crippen LogP contribution in [0.5, 0.6) is 0 Å². The van der Waals surface area contributed by atoms with Crippen LogP contribution >= 0.6 is 22.9 Å². The molecule has 0 aliphatic carbocycles. The lowest BCUT2D eigenvalue weighted by molar-refractivity contribution is -0.142. The number of piperazine rings is 1. The Morgan fingerprint density at radius 1 is 1.38 bits per heavy atom. The number of esters is 1. The number of methoxy groups -OCH3 is 1. The van der Waals surface area contributed by atoms with E-state index in [-0.39, 0.29) is 21.2 Å². The number of rotatable bonds is 4. The van der Waals surface area contributed by atoms with Gasteiger partial charge in [0.1, 0.15) is 0 Å². The van der Waals surface area contributed by atoms with Crippen molar-refractivity contribution in [2.45, 2.75) is 11.1 Å². The summed E-state index contributed by atoms with van der Waals surface area (Å²) in [4.78, 5) is 17.0. The van der Waals surface area contributed by atoms with Gasteiger partial charge in [-0.2, -0.15) is 4.31 Å². The average molecular weight is 354 g/mol. The number of hydrogen-bond donors (Lipinski definition) is 0. The summed E-state index contributed by atoms with van der Waals surface area (Å²) < 4.78 is 31.5. The Kier molecular flexibility index (Phi) is 5.20. The summed E-state index contributed by atoms with van der Waals surface area (Å²) in [5.41, 5.74) is 0.419. The van der Waals surface area contributed by atoms with E-state index in [9.17, 15) is 13.2 Å². The van der Waals surface area contributed by atoms with Crippen molar-refractivity contribution in [1.82, 2.24) is 14.2 Å². The third kappa shape index (κ3) is 3.72. The lowest BCUT2D eigenvalue weighted by Gasteiger charge is -2.32. The van der Waals surface area contributed by atoms with E-state index >= 15 is 0 Å². The number of halogens is 1. The van der Waals surface area contributed by atoms with Crippen LogP contribution in [0.25, 0.3) is 0 Å². The maximum atomic E-state index is 12.5. The highest BCUT2D eigenvalue weighted by atomic mass is 35.5. The zero-order valence-corrected chi connectivity index (χ0v) is 14.1. The number of hydrogen-bond acceptors (Lipinski definition) is 7. The number of ether oxygens (including phenoxy) is 1. The number of sulfonamides is 1. The van der Waals surface area contributed by atoms with Gasteiger partial charge in [0, 0.05) is 26.2 Å². The first-order chi connectivity index (χ1) is 9.84. The van der Waals surface area contributed by atoms with E-state index in [0.29, 0.717) is 31.9 Å². The molecule has 1 aliphatic rings. The second-order valence-electron chi connectivity index (χ2n) is 4.60. The maximum Gasteiger partial charge on any atom is 0.319 e. The van der Waals surface area contributed by atoms with Crippen LogP contribution in [-0.2, 0) is 19.6 Å². The van der Waals surface area contributed by atoms with Crippen molar-refractivity contribution in [3.63, 3.8) is 0 Å². The van der Waals surface area contributed by atoms with Crippen LogP contribution in [0.1, 0.15) is 5.69 Å². The highest BCUT2D eigenvalue weighted by Crippen LogP contribution is 2.29. The molecule has 7 nitrogen and oxygen atoms in total. The van der Waals surface area contributed by atoms with Gasteiger partial charge in [0.05, 0.1) is 19.3 Å². The molecule has 0 radical (unpaired) electrons. The Labute approximate surface area is 132 Å². The van der Waals surface area contributed by atoms with Gasteiger partial charge < -0.3 is 4.74 Å². The number of carbonyl (C=O) groups is 1. The zero-order valence-electron chi connectivity index (χ0n) is 11.7.